The summed E-state index contributed by atoms with van der Waals surface area (Å²) in [6.45, 7) is 6.95. The molecular weight excluding hydrogens is 151 g/mol. The fourth-order valence-electron chi connectivity index (χ4n) is 0.612. The maximum absolute atomic E-state index is 2.32. The Balaban J connectivity index is 2.99. The van der Waals surface area contributed by atoms with Crippen molar-refractivity contribution in [3.8, 4) is 0 Å². The summed E-state index contributed by atoms with van der Waals surface area (Å²) in [7, 11) is 0. The van der Waals surface area contributed by atoms with Gasteiger partial charge in [0, 0.05) is 0 Å². The van der Waals surface area contributed by atoms with Crippen molar-refractivity contribution in [2.75, 3.05) is 0 Å². The van der Waals surface area contributed by atoms with Crippen LogP contribution in [0, 0.1) is 0 Å². The van der Waals surface area contributed by atoms with E-state index in [1.54, 1.807) is 0 Å². The van der Waals surface area contributed by atoms with E-state index in [4.69, 9.17) is 0 Å². The molecule has 0 nitrogen and oxygen atoms in total. The molecule has 0 N–H and O–H groups in total. The summed E-state index contributed by atoms with van der Waals surface area (Å²) in [5.74, 6) is 0. The molecule has 0 aliphatic heterocycles. The van der Waals surface area contributed by atoms with Gasteiger partial charge in [-0.25, -0.2) is 0 Å². The van der Waals surface area contributed by atoms with Gasteiger partial charge >= 0.3 is 50.6 Å². The average Bonchev–Trinajstić information content (AvgIpc) is 1.72. The summed E-state index contributed by atoms with van der Waals surface area (Å²) in [5, 5.41) is 4.44. The molecule has 7 heavy (non-hydrogen) atoms. The fraction of sp³-hybridized carbons (Fsp3) is 1.00. The van der Waals surface area contributed by atoms with E-state index < -0.39 is 0 Å². The molecule has 0 amide bonds. The van der Waals surface area contributed by atoms with E-state index in [1.165, 1.54) is 16.0 Å². The third kappa shape index (κ3) is 3.13. The third-order valence-corrected chi connectivity index (χ3v) is 6.36. The van der Waals surface area contributed by atoms with E-state index in [0.717, 1.165) is 0 Å². The molecule has 44 valence electrons. The summed E-state index contributed by atoms with van der Waals surface area (Å²) in [6.07, 6.45) is 0. The van der Waals surface area contributed by atoms with Crippen molar-refractivity contribution < 1.29 is 0 Å². The molecule has 0 fully saturated rings. The van der Waals surface area contributed by atoms with Crippen LogP contribution in [0.1, 0.15) is 20.8 Å². The van der Waals surface area contributed by atoms with Gasteiger partial charge in [-0.2, -0.15) is 0 Å². The SMILES string of the molecule is CC[Se+](CC)CC. The zero-order valence-electron chi connectivity index (χ0n) is 5.53. The second kappa shape index (κ2) is 4.67. The van der Waals surface area contributed by atoms with E-state index in [0.29, 0.717) is 0 Å². The monoisotopic (exact) mass is 167 g/mol. The van der Waals surface area contributed by atoms with Crippen molar-refractivity contribution in [3.05, 3.63) is 0 Å². The Bertz CT molecular complexity index is 25.7. The Morgan fingerprint density at radius 1 is 0.857 bits per heavy atom. The van der Waals surface area contributed by atoms with Gasteiger partial charge in [-0.15, -0.1) is 0 Å². The van der Waals surface area contributed by atoms with Gasteiger partial charge in [0.2, 0.25) is 0 Å². The van der Waals surface area contributed by atoms with Crippen LogP contribution < -0.4 is 0 Å². The molecule has 0 atom stereocenters. The molecule has 1 heteroatoms. The first-order valence-electron chi connectivity index (χ1n) is 2.99. The van der Waals surface area contributed by atoms with Gasteiger partial charge in [0.1, 0.15) is 0 Å². The summed E-state index contributed by atoms with van der Waals surface area (Å²) < 4.78 is 0. The molecule has 0 aliphatic rings. The Kier molecular flexibility index (Phi) is 5.02. The first kappa shape index (κ1) is 7.52. The maximum atomic E-state index is 2.32. The standard InChI is InChI=1S/C6H15Se/c1-4-7(5-2)6-3/h4-6H2,1-3H3/q+1. The molecule has 0 radical (unpaired) electrons. The normalized spacial score (nSPS) is 10.3. The minimum absolute atomic E-state index is 0.0556. The zero-order chi connectivity index (χ0) is 5.70. The molecule has 0 bridgehead atoms. The van der Waals surface area contributed by atoms with Gasteiger partial charge in [0.05, 0.1) is 0 Å². The van der Waals surface area contributed by atoms with E-state index in [-0.39, 0.29) is 13.9 Å². The molecule has 0 spiro atoms. The van der Waals surface area contributed by atoms with Crippen LogP contribution in [-0.4, -0.2) is 13.9 Å². The van der Waals surface area contributed by atoms with Crippen LogP contribution in [0.4, 0.5) is 0 Å². The predicted molar refractivity (Wildman–Crippen MR) is 37.2 cm³/mol. The third-order valence-electron chi connectivity index (χ3n) is 1.22. The van der Waals surface area contributed by atoms with Crippen LogP contribution in [0.15, 0.2) is 0 Å². The van der Waals surface area contributed by atoms with Crippen molar-refractivity contribution in [3.63, 3.8) is 0 Å². The van der Waals surface area contributed by atoms with Crippen molar-refractivity contribution in [1.29, 1.82) is 0 Å². The molecule has 0 unspecified atom stereocenters. The van der Waals surface area contributed by atoms with Crippen molar-refractivity contribution in [2.24, 2.45) is 0 Å². The van der Waals surface area contributed by atoms with Crippen molar-refractivity contribution in [1.82, 2.24) is 0 Å². The average molecular weight is 166 g/mol. The van der Waals surface area contributed by atoms with Crippen LogP contribution in [0.3, 0.4) is 0 Å². The molecule has 0 aromatic rings. The van der Waals surface area contributed by atoms with E-state index >= 15 is 0 Å². The molecule has 0 saturated carbocycles. The molecular formula is C6H15Se+. The van der Waals surface area contributed by atoms with Crippen LogP contribution in [0.2, 0.25) is 16.0 Å². The van der Waals surface area contributed by atoms with Gasteiger partial charge in [0.15, 0.2) is 0 Å². The van der Waals surface area contributed by atoms with Gasteiger partial charge in [-0.05, 0) is 0 Å². The second-order valence-electron chi connectivity index (χ2n) is 1.48. The Labute approximate surface area is 51.2 Å². The van der Waals surface area contributed by atoms with Crippen LogP contribution in [-0.2, 0) is 0 Å². The summed E-state index contributed by atoms with van der Waals surface area (Å²) in [5.41, 5.74) is 0. The van der Waals surface area contributed by atoms with E-state index in [9.17, 15) is 0 Å². The van der Waals surface area contributed by atoms with Crippen LogP contribution in [0.5, 0.6) is 0 Å². The molecule has 0 aromatic carbocycles. The first-order valence-corrected chi connectivity index (χ1v) is 6.62. The summed E-state index contributed by atoms with van der Waals surface area (Å²) in [6, 6.07) is 0. The van der Waals surface area contributed by atoms with Crippen LogP contribution in [0.25, 0.3) is 0 Å². The fourth-order valence-corrected chi connectivity index (χ4v) is 3.18. The van der Waals surface area contributed by atoms with Gasteiger partial charge in [-0.1, -0.05) is 0 Å². The molecule has 0 aliphatic carbocycles. The molecule has 0 saturated heterocycles. The topological polar surface area (TPSA) is 0 Å². The van der Waals surface area contributed by atoms with Crippen molar-refractivity contribution in [2.45, 2.75) is 36.7 Å². The summed E-state index contributed by atoms with van der Waals surface area (Å²) in [4.78, 5) is 0. The molecule has 0 rings (SSSR count). The van der Waals surface area contributed by atoms with Crippen molar-refractivity contribution >= 4 is 13.9 Å². The Hall–Kier alpha value is 0.519. The Morgan fingerprint density at radius 2 is 1.14 bits per heavy atom. The number of hydrogen-bond donors (Lipinski definition) is 0. The quantitative estimate of drug-likeness (QED) is 0.565. The van der Waals surface area contributed by atoms with E-state index in [1.807, 2.05) is 0 Å². The minimum atomic E-state index is -0.0556. The predicted octanol–water partition coefficient (Wildman–Crippen LogP) is 2.54. The Morgan fingerprint density at radius 3 is 1.14 bits per heavy atom. The summed E-state index contributed by atoms with van der Waals surface area (Å²) >= 11 is -0.0556. The molecule has 0 aromatic heterocycles. The first-order chi connectivity index (χ1) is 3.35. The number of hydrogen-bond acceptors (Lipinski definition) is 0. The zero-order valence-corrected chi connectivity index (χ0v) is 7.24. The van der Waals surface area contributed by atoms with Gasteiger partial charge < -0.3 is 0 Å². The van der Waals surface area contributed by atoms with E-state index in [2.05, 4.69) is 20.8 Å². The van der Waals surface area contributed by atoms with Gasteiger partial charge in [0.25, 0.3) is 0 Å². The van der Waals surface area contributed by atoms with Gasteiger partial charge in [-0.3, -0.25) is 0 Å². The molecule has 0 heterocycles. The second-order valence-corrected chi connectivity index (χ2v) is 7.68. The van der Waals surface area contributed by atoms with Crippen LogP contribution >= 0.6 is 0 Å². The number of rotatable bonds is 3.